The summed E-state index contributed by atoms with van der Waals surface area (Å²) in [6, 6.07) is 140. The predicted molar refractivity (Wildman–Crippen MR) is 526 cm³/mol. The van der Waals surface area contributed by atoms with Crippen LogP contribution in [0.4, 0.5) is 45.5 Å². The Labute approximate surface area is 719 Å². The van der Waals surface area contributed by atoms with Gasteiger partial charge in [-0.2, -0.15) is 0 Å². The maximum Gasteiger partial charge on any atom is 0.0542 e. The Bertz CT molecular complexity index is 7000. The predicted octanol–water partition coefficient (Wildman–Crippen LogP) is 30.8. The van der Waals surface area contributed by atoms with Gasteiger partial charge >= 0.3 is 0 Å². The van der Waals surface area contributed by atoms with E-state index >= 15 is 0 Å². The molecule has 0 bridgehead atoms. The van der Waals surface area contributed by atoms with Gasteiger partial charge in [0.25, 0.3) is 0 Å². The van der Waals surface area contributed by atoms with Crippen LogP contribution in [0.2, 0.25) is 0 Å². The van der Waals surface area contributed by atoms with Crippen molar-refractivity contribution in [1.29, 1.82) is 0 Å². The van der Waals surface area contributed by atoms with Gasteiger partial charge < -0.3 is 37.9 Å². The van der Waals surface area contributed by atoms with Crippen LogP contribution in [-0.4, -0.2) is 46.5 Å². The summed E-state index contributed by atoms with van der Waals surface area (Å²) in [5.41, 5.74) is 29.9. The van der Waals surface area contributed by atoms with Crippen LogP contribution in [0.15, 0.2) is 388 Å². The molecule has 8 nitrogen and oxygen atoms in total. The summed E-state index contributed by atoms with van der Waals surface area (Å²) >= 11 is 0. The molecule has 0 aliphatic rings. The Hall–Kier alpha value is -14.1. The first-order valence-electron chi connectivity index (χ1n) is 43.1. The smallest absolute Gasteiger partial charge is 0.0542 e. The van der Waals surface area contributed by atoms with Crippen molar-refractivity contribution in [3.05, 3.63) is 411 Å². The Morgan fingerprint density at radius 1 is 0.246 bits per heavy atom. The molecule has 0 fully saturated rings. The van der Waals surface area contributed by atoms with E-state index in [2.05, 4.69) is 510 Å². The Morgan fingerprint density at radius 3 is 0.779 bits per heavy atom. The van der Waals surface area contributed by atoms with E-state index in [1.54, 1.807) is 0 Å². The number of hydrogen-bond acceptors (Lipinski definition) is 4. The highest BCUT2D eigenvalue weighted by atomic mass is 15.1. The fraction of sp³-hybridized carbons (Fsp3) is 0.158. The Balaban J connectivity index is 0.000000116. The van der Waals surface area contributed by atoms with Gasteiger partial charge in [0.1, 0.15) is 0 Å². The highest BCUT2D eigenvalue weighted by Crippen LogP contribution is 2.43. The third kappa shape index (κ3) is 16.4. The quantitative estimate of drug-likeness (QED) is 0.0910. The minimum absolute atomic E-state index is 0.105. The van der Waals surface area contributed by atoms with Crippen LogP contribution in [0.25, 0.3) is 110 Å². The minimum atomic E-state index is 0.105. The number of rotatable bonds is 17. The topological polar surface area (TPSA) is 32.7 Å². The van der Waals surface area contributed by atoms with Crippen molar-refractivity contribution < 1.29 is 0 Å². The molecular formula is C114H108N8. The van der Waals surface area contributed by atoms with Gasteiger partial charge in [-0.1, -0.05) is 232 Å². The van der Waals surface area contributed by atoms with Gasteiger partial charge in [-0.3, -0.25) is 0 Å². The van der Waals surface area contributed by atoms with Crippen LogP contribution in [0, 0.1) is 5.92 Å². The van der Waals surface area contributed by atoms with Crippen molar-refractivity contribution in [2.75, 3.05) is 47.8 Å². The molecule has 4 heterocycles. The zero-order valence-corrected chi connectivity index (χ0v) is 72.3. The van der Waals surface area contributed by atoms with Crippen LogP contribution in [0.3, 0.4) is 0 Å². The molecule has 0 radical (unpaired) electrons. The molecule has 20 aromatic rings. The van der Waals surface area contributed by atoms with Crippen LogP contribution < -0.4 is 19.6 Å². The summed E-state index contributed by atoms with van der Waals surface area (Å²) in [5.74, 6) is 1.14. The van der Waals surface area contributed by atoms with Crippen LogP contribution in [-0.2, 0) is 18.3 Å². The SMILES string of the molecule is CC(C)Cc1ccc2c(c1)c1cc(N(C)c3ccccc3)ccc1n2-c1ccccc1.CC(C)c1ccc2c(c1)c1cc(N(C)c3ccccc3)ccc1n2-c1ccccc1.CCCc1ccc2c(c1)c1cc(N(C)c3ccccc3)ccc1n2-c1ccccc1.CN(c1ccccc1)c1ccc2c(c1)c1cc(C(C)(C)C)ccc1n2-c1ccccc1. The summed E-state index contributed by atoms with van der Waals surface area (Å²) < 4.78 is 9.52. The number of aryl methyl sites for hydroxylation is 1. The normalized spacial score (nSPS) is 11.5. The molecule has 0 saturated carbocycles. The van der Waals surface area contributed by atoms with Gasteiger partial charge in [0, 0.05) is 140 Å². The van der Waals surface area contributed by atoms with Crippen LogP contribution in [0.5, 0.6) is 0 Å². The van der Waals surface area contributed by atoms with E-state index in [-0.39, 0.29) is 5.41 Å². The van der Waals surface area contributed by atoms with Crippen LogP contribution >= 0.6 is 0 Å². The second kappa shape index (κ2) is 35.1. The molecule has 0 amide bonds. The van der Waals surface area contributed by atoms with Crippen molar-refractivity contribution in [3.8, 4) is 22.7 Å². The van der Waals surface area contributed by atoms with Crippen molar-refractivity contribution in [1.82, 2.24) is 18.3 Å². The van der Waals surface area contributed by atoms with Crippen molar-refractivity contribution in [3.63, 3.8) is 0 Å². The molecule has 0 N–H and O–H groups in total. The molecule has 122 heavy (non-hydrogen) atoms. The molecule has 20 rings (SSSR count). The lowest BCUT2D eigenvalue weighted by atomic mass is 9.86. The third-order valence-electron chi connectivity index (χ3n) is 24.0. The molecule has 8 heteroatoms. The van der Waals surface area contributed by atoms with Gasteiger partial charge in [0.2, 0.25) is 0 Å². The van der Waals surface area contributed by atoms with E-state index < -0.39 is 0 Å². The van der Waals surface area contributed by atoms with Gasteiger partial charge in [-0.05, 0) is 271 Å². The number of para-hydroxylation sites is 8. The maximum atomic E-state index is 2.39. The molecule has 0 aliphatic carbocycles. The number of hydrogen-bond donors (Lipinski definition) is 0. The van der Waals surface area contributed by atoms with E-state index in [1.165, 1.54) is 178 Å². The second-order valence-electron chi connectivity index (χ2n) is 34.0. The van der Waals surface area contributed by atoms with Crippen LogP contribution in [0.1, 0.15) is 90.0 Å². The maximum absolute atomic E-state index is 2.39. The van der Waals surface area contributed by atoms with E-state index in [4.69, 9.17) is 0 Å². The molecule has 0 spiro atoms. The molecule has 604 valence electrons. The number of nitrogens with zero attached hydrogens (tertiary/aromatic N) is 8. The lowest BCUT2D eigenvalue weighted by Crippen LogP contribution is -2.10. The fourth-order valence-corrected chi connectivity index (χ4v) is 17.5. The summed E-state index contributed by atoms with van der Waals surface area (Å²) in [7, 11) is 8.53. The lowest BCUT2D eigenvalue weighted by molar-refractivity contribution is 0.591. The summed E-state index contributed by atoms with van der Waals surface area (Å²) in [4.78, 5) is 9.00. The Morgan fingerprint density at radius 2 is 0.492 bits per heavy atom. The average molecular weight is 1590 g/mol. The first-order chi connectivity index (χ1) is 59.4. The highest BCUT2D eigenvalue weighted by Gasteiger charge is 2.23. The molecule has 0 atom stereocenters. The number of fused-ring (bicyclic) bond motifs is 12. The summed E-state index contributed by atoms with van der Waals surface area (Å²) in [6.07, 6.45) is 3.36. The van der Waals surface area contributed by atoms with E-state index in [1.807, 2.05) is 0 Å². The molecule has 4 aromatic heterocycles. The third-order valence-corrected chi connectivity index (χ3v) is 24.0. The van der Waals surface area contributed by atoms with Crippen molar-refractivity contribution in [2.24, 2.45) is 5.92 Å². The molecule has 0 saturated heterocycles. The van der Waals surface area contributed by atoms with Gasteiger partial charge in [-0.25, -0.2) is 0 Å². The molecule has 16 aromatic carbocycles. The standard InChI is InChI=1S/2C29H28N2.2C28H26N2/c1-29(2,3)21-15-17-27-25(19-21)26-20-24(30(4)22-11-7-5-8-12-22)16-18-28(26)31(27)23-13-9-6-10-14-23;1-21(2)18-22-14-16-28-26(19-22)27-20-25(30(3)23-10-6-4-7-11-23)15-17-29(27)31(28)24-12-8-5-9-13-24;1-20(2)21-14-16-27-25(18-21)26-19-24(29(3)22-10-6-4-7-11-22)15-17-28(26)30(27)23-12-8-5-9-13-23;1-3-10-21-15-17-27-25(19-21)26-20-24(29(2)22-11-6-4-7-12-22)16-18-28(26)30(27)23-13-8-5-9-14-23/h5-20H,1-4H3;4-17,19-21H,18H2,1-3H3;4-20H,1-3H3;4-9,11-20H,3,10H2,1-2H3. The number of aromatic nitrogens is 4. The van der Waals surface area contributed by atoms with E-state index in [0.29, 0.717) is 11.8 Å². The number of benzene rings is 16. The monoisotopic (exact) mass is 1590 g/mol. The largest absolute Gasteiger partial charge is 0.345 e. The molecule has 0 unspecified atom stereocenters. The lowest BCUT2D eigenvalue weighted by Gasteiger charge is -2.20. The first kappa shape index (κ1) is 80.3. The highest BCUT2D eigenvalue weighted by molar-refractivity contribution is 6.14. The Kier molecular flexibility index (Phi) is 23.1. The fourth-order valence-electron chi connectivity index (χ4n) is 17.5. The van der Waals surface area contributed by atoms with E-state index in [0.717, 1.165) is 19.3 Å². The zero-order valence-electron chi connectivity index (χ0n) is 72.3. The van der Waals surface area contributed by atoms with Crippen molar-refractivity contribution >= 4 is 133 Å². The summed E-state index contributed by atoms with van der Waals surface area (Å²) in [5, 5.41) is 10.4. The van der Waals surface area contributed by atoms with Gasteiger partial charge in [-0.15, -0.1) is 0 Å². The average Bonchev–Trinajstić information content (AvgIpc) is 1.60. The minimum Gasteiger partial charge on any atom is -0.345 e. The second-order valence-corrected chi connectivity index (χ2v) is 34.0. The van der Waals surface area contributed by atoms with Gasteiger partial charge in [0.05, 0.1) is 44.1 Å². The zero-order chi connectivity index (χ0) is 84.1. The number of anilines is 8. The molecule has 0 aliphatic heterocycles. The van der Waals surface area contributed by atoms with Crippen molar-refractivity contribution in [2.45, 2.75) is 86.0 Å². The first-order valence-corrected chi connectivity index (χ1v) is 43.1. The molecular weight excluding hydrogens is 1480 g/mol. The van der Waals surface area contributed by atoms with E-state index in [9.17, 15) is 0 Å². The van der Waals surface area contributed by atoms with Gasteiger partial charge in [0.15, 0.2) is 0 Å². The summed E-state index contributed by atoms with van der Waals surface area (Å²) in [6.45, 7) is 18.1.